The number of rotatable bonds is 0. The molecule has 0 saturated heterocycles. The zero-order valence-electron chi connectivity index (χ0n) is 7.14. The third-order valence-corrected chi connectivity index (χ3v) is 2.71. The van der Waals surface area contributed by atoms with Gasteiger partial charge < -0.3 is 4.74 Å². The molecule has 0 N–H and O–H groups in total. The number of cyclic esters (lactones) is 1. The van der Waals surface area contributed by atoms with Gasteiger partial charge in [-0.3, -0.25) is 0 Å². The largest absolute Gasteiger partial charge is 0.442 e. The summed E-state index contributed by atoms with van der Waals surface area (Å²) >= 11 is 2.88. The van der Waals surface area contributed by atoms with Gasteiger partial charge in [-0.1, -0.05) is 6.07 Å². The Balaban J connectivity index is 2.66. The predicted octanol–water partition coefficient (Wildman–Crippen LogP) is 3.27. The van der Waals surface area contributed by atoms with Gasteiger partial charge in [0.05, 0.1) is 11.1 Å². The molecule has 15 heavy (non-hydrogen) atoms. The summed E-state index contributed by atoms with van der Waals surface area (Å²) in [6.07, 6.45) is -4.48. The maximum absolute atomic E-state index is 12.6. The molecular weight excluding hydrogens is 277 g/mol. The molecule has 1 atom stereocenters. The van der Waals surface area contributed by atoms with Gasteiger partial charge in [-0.05, 0) is 28.1 Å². The van der Waals surface area contributed by atoms with Crippen LogP contribution in [0, 0.1) is 0 Å². The van der Waals surface area contributed by atoms with E-state index in [-0.39, 0.29) is 11.1 Å². The molecule has 6 heteroatoms. The maximum Gasteiger partial charge on any atom is 0.416 e. The normalized spacial score (nSPS) is 20.0. The summed E-state index contributed by atoms with van der Waals surface area (Å²) in [5.41, 5.74) is -1.02. The lowest BCUT2D eigenvalue weighted by Gasteiger charge is -2.11. The minimum Gasteiger partial charge on any atom is -0.442 e. The lowest BCUT2D eigenvalue weighted by Crippen LogP contribution is -2.09. The molecule has 2 nitrogen and oxygen atoms in total. The number of benzene rings is 1. The summed E-state index contributed by atoms with van der Waals surface area (Å²) in [6.45, 7) is 0. The highest BCUT2D eigenvalue weighted by Gasteiger charge is 2.41. The molecule has 1 aromatic carbocycles. The molecule has 2 rings (SSSR count). The van der Waals surface area contributed by atoms with Crippen molar-refractivity contribution in [1.29, 1.82) is 0 Å². The highest BCUT2D eigenvalue weighted by molar-refractivity contribution is 9.09. The van der Waals surface area contributed by atoms with Crippen LogP contribution < -0.4 is 0 Å². The number of carbonyl (C=O) groups excluding carboxylic acids is 1. The van der Waals surface area contributed by atoms with Gasteiger partial charge in [0.2, 0.25) is 0 Å². The quantitative estimate of drug-likeness (QED) is 0.539. The minimum atomic E-state index is -4.48. The zero-order chi connectivity index (χ0) is 11.2. The first-order valence-electron chi connectivity index (χ1n) is 3.96. The van der Waals surface area contributed by atoms with Crippen molar-refractivity contribution in [2.75, 3.05) is 0 Å². The van der Waals surface area contributed by atoms with E-state index in [1.54, 1.807) is 0 Å². The van der Waals surface area contributed by atoms with E-state index in [1.165, 1.54) is 12.1 Å². The van der Waals surface area contributed by atoms with Crippen LogP contribution in [0.4, 0.5) is 13.2 Å². The first kappa shape index (κ1) is 10.5. The van der Waals surface area contributed by atoms with Crippen molar-refractivity contribution in [3.05, 3.63) is 34.9 Å². The van der Waals surface area contributed by atoms with Crippen LogP contribution in [-0.4, -0.2) is 5.97 Å². The van der Waals surface area contributed by atoms with Crippen LogP contribution in [0.2, 0.25) is 0 Å². The average molecular weight is 281 g/mol. The number of fused-ring (bicyclic) bond motifs is 1. The molecule has 0 radical (unpaired) electrons. The van der Waals surface area contributed by atoms with Gasteiger partial charge in [-0.25, -0.2) is 4.79 Å². The van der Waals surface area contributed by atoms with Crippen LogP contribution in [0.3, 0.4) is 0 Å². The predicted molar refractivity (Wildman–Crippen MR) is 48.5 cm³/mol. The molecule has 80 valence electrons. The van der Waals surface area contributed by atoms with Crippen molar-refractivity contribution in [2.45, 2.75) is 11.2 Å². The molecule has 0 aliphatic carbocycles. The molecule has 1 heterocycles. The van der Waals surface area contributed by atoms with Gasteiger partial charge >= 0.3 is 12.1 Å². The van der Waals surface area contributed by atoms with Crippen LogP contribution in [0.25, 0.3) is 0 Å². The zero-order valence-corrected chi connectivity index (χ0v) is 8.72. The summed E-state index contributed by atoms with van der Waals surface area (Å²) in [6, 6.07) is 3.43. The molecule has 1 aliphatic rings. The topological polar surface area (TPSA) is 26.3 Å². The fourth-order valence-corrected chi connectivity index (χ4v) is 2.11. The van der Waals surface area contributed by atoms with E-state index in [0.717, 1.165) is 6.07 Å². The Bertz CT molecular complexity index is 428. The lowest BCUT2D eigenvalue weighted by atomic mass is 10.0. The molecular formula is C9H4BrF3O2. The third-order valence-electron chi connectivity index (χ3n) is 2.07. The van der Waals surface area contributed by atoms with Gasteiger partial charge in [0.25, 0.3) is 0 Å². The summed E-state index contributed by atoms with van der Waals surface area (Å²) in [5, 5.41) is -1.02. The minimum absolute atomic E-state index is 0.0355. The van der Waals surface area contributed by atoms with E-state index in [2.05, 4.69) is 20.7 Å². The van der Waals surface area contributed by atoms with Gasteiger partial charge in [0.1, 0.15) is 0 Å². The lowest BCUT2D eigenvalue weighted by molar-refractivity contribution is -0.138. The molecule has 1 aromatic rings. The average Bonchev–Trinajstić information content (AvgIpc) is 2.41. The fourth-order valence-electron chi connectivity index (χ4n) is 1.45. The number of alkyl halides is 4. The second kappa shape index (κ2) is 3.23. The van der Waals surface area contributed by atoms with Crippen LogP contribution >= 0.6 is 15.9 Å². The standard InChI is InChI=1S/C9H4BrF3O2/c10-7-6-4(8(14)15-7)2-1-3-5(6)9(11,12)13/h1-3,7H. The van der Waals surface area contributed by atoms with Crippen molar-refractivity contribution in [2.24, 2.45) is 0 Å². The second-order valence-corrected chi connectivity index (χ2v) is 3.82. The Hall–Kier alpha value is -1.04. The third kappa shape index (κ3) is 1.62. The van der Waals surface area contributed by atoms with Crippen molar-refractivity contribution >= 4 is 21.9 Å². The van der Waals surface area contributed by atoms with Gasteiger partial charge in [0, 0.05) is 5.56 Å². The Kier molecular flexibility index (Phi) is 2.26. The second-order valence-electron chi connectivity index (χ2n) is 2.99. The van der Waals surface area contributed by atoms with E-state index >= 15 is 0 Å². The highest BCUT2D eigenvalue weighted by atomic mass is 79.9. The van der Waals surface area contributed by atoms with Crippen LogP contribution in [0.15, 0.2) is 18.2 Å². The summed E-state index contributed by atoms with van der Waals surface area (Å²) in [4.78, 5) is 11.1. The first-order valence-corrected chi connectivity index (χ1v) is 4.88. The van der Waals surface area contributed by atoms with E-state index < -0.39 is 22.7 Å². The monoisotopic (exact) mass is 280 g/mol. The first-order chi connectivity index (χ1) is 6.91. The molecule has 0 spiro atoms. The van der Waals surface area contributed by atoms with Crippen LogP contribution in [-0.2, 0) is 10.9 Å². The Morgan fingerprint density at radius 2 is 2.00 bits per heavy atom. The Labute approximate surface area is 91.2 Å². The van der Waals surface area contributed by atoms with Gasteiger partial charge in [-0.2, -0.15) is 13.2 Å². The maximum atomic E-state index is 12.6. The van der Waals surface area contributed by atoms with Crippen molar-refractivity contribution in [1.82, 2.24) is 0 Å². The number of hydrogen-bond donors (Lipinski definition) is 0. The molecule has 0 bridgehead atoms. The molecule has 1 unspecified atom stereocenters. The van der Waals surface area contributed by atoms with Gasteiger partial charge in [-0.15, -0.1) is 0 Å². The van der Waals surface area contributed by atoms with E-state index in [4.69, 9.17) is 0 Å². The van der Waals surface area contributed by atoms with Crippen LogP contribution in [0.5, 0.6) is 0 Å². The van der Waals surface area contributed by atoms with E-state index in [9.17, 15) is 18.0 Å². The fraction of sp³-hybridized carbons (Fsp3) is 0.222. The Morgan fingerprint density at radius 1 is 1.33 bits per heavy atom. The molecule has 0 fully saturated rings. The smallest absolute Gasteiger partial charge is 0.416 e. The molecule has 0 aromatic heterocycles. The summed E-state index contributed by atoms with van der Waals surface area (Å²) in [5.74, 6) is -0.738. The number of carbonyl (C=O) groups is 1. The van der Waals surface area contributed by atoms with Gasteiger partial charge in [0.15, 0.2) is 5.01 Å². The SMILES string of the molecule is O=C1OC(Br)c2c1cccc2C(F)(F)F. The number of hydrogen-bond acceptors (Lipinski definition) is 2. The Morgan fingerprint density at radius 3 is 2.60 bits per heavy atom. The molecule has 0 saturated carbocycles. The number of halogens is 4. The van der Waals surface area contributed by atoms with Crippen LogP contribution in [0.1, 0.15) is 26.5 Å². The molecule has 0 amide bonds. The highest BCUT2D eigenvalue weighted by Crippen LogP contribution is 2.43. The number of esters is 1. The summed E-state index contributed by atoms with van der Waals surface area (Å²) in [7, 11) is 0. The van der Waals surface area contributed by atoms with Crippen molar-refractivity contribution < 1.29 is 22.7 Å². The summed E-state index contributed by atoms with van der Waals surface area (Å²) < 4.78 is 42.3. The van der Waals surface area contributed by atoms with E-state index in [0.29, 0.717) is 0 Å². The number of ether oxygens (including phenoxy) is 1. The van der Waals surface area contributed by atoms with Crippen molar-refractivity contribution in [3.63, 3.8) is 0 Å². The van der Waals surface area contributed by atoms with E-state index in [1.807, 2.05) is 0 Å². The van der Waals surface area contributed by atoms with Crippen molar-refractivity contribution in [3.8, 4) is 0 Å². The molecule has 1 aliphatic heterocycles.